The number of nitrogens with one attached hydrogen (secondary N) is 2. The van der Waals surface area contributed by atoms with Gasteiger partial charge in [-0.05, 0) is 23.8 Å². The molecule has 2 aromatic carbocycles. The minimum atomic E-state index is 0.0874. The van der Waals surface area contributed by atoms with Gasteiger partial charge in [0.25, 0.3) is 0 Å². The summed E-state index contributed by atoms with van der Waals surface area (Å²) in [5.74, 6) is 0.0874. The summed E-state index contributed by atoms with van der Waals surface area (Å²) >= 11 is 5.21. The highest BCUT2D eigenvalue weighted by molar-refractivity contribution is 7.80. The molecule has 140 valence electrons. The minimum Gasteiger partial charge on any atom is -0.493 e. The zero-order valence-corrected chi connectivity index (χ0v) is 16.3. The lowest BCUT2D eigenvalue weighted by atomic mass is 10.2. The number of aromatic hydroxyl groups is 1. The van der Waals surface area contributed by atoms with Crippen molar-refractivity contribution in [1.29, 1.82) is 0 Å². The summed E-state index contributed by atoms with van der Waals surface area (Å²) in [6.45, 7) is 2.20. The standard InChI is InChI=1S/C20H23N5OS/c1-24(2)13-12-21-20(27)23-22-18-16-10-6-7-11-17(16)25(19(18)26)14-15-8-4-3-5-9-15/h3-11,26H,12-14H2,1-2H3,(H,21,27)/p+1. The number of benzene rings is 2. The maximum Gasteiger partial charge on any atom is 0.221 e. The van der Waals surface area contributed by atoms with E-state index in [1.54, 1.807) is 0 Å². The third kappa shape index (κ3) is 4.69. The van der Waals surface area contributed by atoms with Gasteiger partial charge in [0.15, 0.2) is 5.69 Å². The summed E-state index contributed by atoms with van der Waals surface area (Å²) in [5, 5.41) is 23.3. The minimum absolute atomic E-state index is 0.0874. The largest absolute Gasteiger partial charge is 0.493 e. The van der Waals surface area contributed by atoms with Crippen LogP contribution in [-0.2, 0) is 6.54 Å². The van der Waals surface area contributed by atoms with Crippen molar-refractivity contribution in [3.05, 3.63) is 60.2 Å². The Bertz CT molecular complexity index is 950. The first kappa shape index (κ1) is 19.0. The number of fused-ring (bicyclic) bond motifs is 1. The second-order valence-corrected chi connectivity index (χ2v) is 7.04. The Morgan fingerprint density at radius 2 is 1.81 bits per heavy atom. The number of azo groups is 1. The van der Waals surface area contributed by atoms with Crippen molar-refractivity contribution in [3.63, 3.8) is 0 Å². The van der Waals surface area contributed by atoms with Crippen molar-refractivity contribution in [3.8, 4) is 5.88 Å². The quantitative estimate of drug-likeness (QED) is 0.453. The number of aromatic nitrogens is 1. The fourth-order valence-electron chi connectivity index (χ4n) is 2.85. The van der Waals surface area contributed by atoms with E-state index in [1.807, 2.05) is 59.2 Å². The lowest BCUT2D eigenvalue weighted by Crippen LogP contribution is -3.06. The SMILES string of the molecule is C[NH+](C)CCNC(=S)N=Nc1c(O)n(Cc2ccccc2)c2ccccc12. The number of hydrogen-bond acceptors (Lipinski definition) is 3. The maximum atomic E-state index is 10.8. The molecule has 0 amide bonds. The van der Waals surface area contributed by atoms with Gasteiger partial charge >= 0.3 is 0 Å². The molecule has 7 heteroatoms. The Morgan fingerprint density at radius 1 is 1.11 bits per heavy atom. The maximum absolute atomic E-state index is 10.8. The van der Waals surface area contributed by atoms with Crippen LogP contribution >= 0.6 is 12.2 Å². The van der Waals surface area contributed by atoms with E-state index in [4.69, 9.17) is 12.2 Å². The summed E-state index contributed by atoms with van der Waals surface area (Å²) < 4.78 is 1.84. The summed E-state index contributed by atoms with van der Waals surface area (Å²) in [6, 6.07) is 17.8. The van der Waals surface area contributed by atoms with E-state index in [1.165, 1.54) is 4.90 Å². The fourth-order valence-corrected chi connectivity index (χ4v) is 2.99. The highest BCUT2D eigenvalue weighted by Gasteiger charge is 2.16. The molecule has 0 aliphatic heterocycles. The van der Waals surface area contributed by atoms with E-state index in [9.17, 15) is 5.11 Å². The van der Waals surface area contributed by atoms with Crippen molar-refractivity contribution >= 4 is 33.9 Å². The molecule has 0 fully saturated rings. The monoisotopic (exact) mass is 382 g/mol. The van der Waals surface area contributed by atoms with Gasteiger partial charge in [-0.1, -0.05) is 48.5 Å². The van der Waals surface area contributed by atoms with Gasteiger partial charge in [0.2, 0.25) is 11.0 Å². The van der Waals surface area contributed by atoms with E-state index in [0.29, 0.717) is 17.3 Å². The predicted molar refractivity (Wildman–Crippen MR) is 112 cm³/mol. The molecule has 0 bridgehead atoms. The zero-order valence-electron chi connectivity index (χ0n) is 15.5. The molecule has 3 rings (SSSR count). The van der Waals surface area contributed by atoms with Gasteiger partial charge in [-0.15, -0.1) is 10.2 Å². The normalized spacial score (nSPS) is 11.5. The van der Waals surface area contributed by atoms with Crippen LogP contribution in [0.25, 0.3) is 10.9 Å². The van der Waals surface area contributed by atoms with Crippen molar-refractivity contribution in [2.75, 3.05) is 27.2 Å². The molecule has 0 saturated carbocycles. The number of hydrogen-bond donors (Lipinski definition) is 3. The Morgan fingerprint density at radius 3 is 2.56 bits per heavy atom. The van der Waals surface area contributed by atoms with Crippen LogP contribution in [0.15, 0.2) is 64.8 Å². The van der Waals surface area contributed by atoms with Crippen LogP contribution in [0.1, 0.15) is 5.56 Å². The average Bonchev–Trinajstić information content (AvgIpc) is 2.92. The highest BCUT2D eigenvalue weighted by Crippen LogP contribution is 2.39. The molecule has 6 nitrogen and oxygen atoms in total. The molecule has 3 aromatic rings. The second kappa shape index (κ2) is 8.75. The molecule has 0 aliphatic carbocycles. The molecule has 0 unspecified atom stereocenters. The summed E-state index contributed by atoms with van der Waals surface area (Å²) in [4.78, 5) is 1.32. The third-order valence-corrected chi connectivity index (χ3v) is 4.47. The van der Waals surface area contributed by atoms with Gasteiger partial charge in [-0.2, -0.15) is 0 Å². The average molecular weight is 383 g/mol. The topological polar surface area (TPSA) is 66.3 Å². The first-order chi connectivity index (χ1) is 13.1. The number of thiocarbonyl (C=S) groups is 1. The molecule has 0 radical (unpaired) electrons. The molecule has 1 heterocycles. The van der Waals surface area contributed by atoms with Crippen LogP contribution in [0.5, 0.6) is 5.88 Å². The number of likely N-dealkylation sites (N-methyl/N-ethyl adjacent to an activating group) is 1. The van der Waals surface area contributed by atoms with Gasteiger partial charge in [0.05, 0.1) is 39.2 Å². The Balaban J connectivity index is 1.86. The number of para-hydroxylation sites is 1. The smallest absolute Gasteiger partial charge is 0.221 e. The van der Waals surface area contributed by atoms with E-state index in [2.05, 4.69) is 29.6 Å². The van der Waals surface area contributed by atoms with Crippen molar-refractivity contribution in [1.82, 2.24) is 9.88 Å². The van der Waals surface area contributed by atoms with Crippen molar-refractivity contribution < 1.29 is 10.0 Å². The highest BCUT2D eigenvalue weighted by atomic mass is 32.1. The number of nitrogens with zero attached hydrogens (tertiary/aromatic N) is 3. The first-order valence-corrected chi connectivity index (χ1v) is 9.30. The zero-order chi connectivity index (χ0) is 19.2. The molecule has 0 saturated heterocycles. The van der Waals surface area contributed by atoms with Gasteiger partial charge < -0.3 is 19.9 Å². The van der Waals surface area contributed by atoms with Crippen molar-refractivity contribution in [2.24, 2.45) is 10.2 Å². The van der Waals surface area contributed by atoms with Crippen LogP contribution in [-0.4, -0.2) is 42.0 Å². The van der Waals surface area contributed by atoms with Crippen LogP contribution in [0.4, 0.5) is 5.69 Å². The van der Waals surface area contributed by atoms with Crippen LogP contribution in [0, 0.1) is 0 Å². The third-order valence-electron chi connectivity index (χ3n) is 4.24. The van der Waals surface area contributed by atoms with Gasteiger partial charge in [0.1, 0.15) is 0 Å². The van der Waals surface area contributed by atoms with Gasteiger partial charge in [0, 0.05) is 5.39 Å². The first-order valence-electron chi connectivity index (χ1n) is 8.89. The molecular weight excluding hydrogens is 358 g/mol. The molecule has 1 aromatic heterocycles. The summed E-state index contributed by atoms with van der Waals surface area (Å²) in [6.07, 6.45) is 0. The Kier molecular flexibility index (Phi) is 6.16. The van der Waals surface area contributed by atoms with E-state index >= 15 is 0 Å². The van der Waals surface area contributed by atoms with Gasteiger partial charge in [-0.25, -0.2) is 0 Å². The molecule has 0 atom stereocenters. The second-order valence-electron chi connectivity index (χ2n) is 6.65. The van der Waals surface area contributed by atoms with E-state index in [0.717, 1.165) is 29.6 Å². The Labute approximate surface area is 164 Å². The fraction of sp³-hybridized carbons (Fsp3) is 0.250. The lowest BCUT2D eigenvalue weighted by molar-refractivity contribution is -0.856. The summed E-state index contributed by atoms with van der Waals surface area (Å²) in [7, 11) is 4.15. The van der Waals surface area contributed by atoms with Gasteiger partial charge in [-0.3, -0.25) is 0 Å². The van der Waals surface area contributed by atoms with Crippen molar-refractivity contribution in [2.45, 2.75) is 6.54 Å². The predicted octanol–water partition coefficient (Wildman–Crippen LogP) is 2.50. The molecule has 27 heavy (non-hydrogen) atoms. The van der Waals surface area contributed by atoms with Crippen LogP contribution < -0.4 is 10.2 Å². The molecule has 0 aliphatic rings. The summed E-state index contributed by atoms with van der Waals surface area (Å²) in [5.41, 5.74) is 2.44. The number of rotatable bonds is 6. The lowest BCUT2D eigenvalue weighted by Gasteiger charge is -2.07. The number of quaternary nitrogens is 1. The van der Waals surface area contributed by atoms with Crippen LogP contribution in [0.3, 0.4) is 0 Å². The molecular formula is C20H24N5OS+. The van der Waals surface area contributed by atoms with E-state index in [-0.39, 0.29) is 5.88 Å². The molecule has 3 N–H and O–H groups in total. The van der Waals surface area contributed by atoms with E-state index < -0.39 is 0 Å². The Hall–Kier alpha value is -2.77. The molecule has 0 spiro atoms. The van der Waals surface area contributed by atoms with Crippen LogP contribution in [0.2, 0.25) is 0 Å².